The van der Waals surface area contributed by atoms with E-state index in [-0.39, 0.29) is 0 Å². The van der Waals surface area contributed by atoms with Crippen molar-refractivity contribution in [3.05, 3.63) is 77.0 Å². The molecule has 0 radical (unpaired) electrons. The zero-order chi connectivity index (χ0) is 22.5. The highest BCUT2D eigenvalue weighted by Crippen LogP contribution is 2.24. The van der Waals surface area contributed by atoms with Gasteiger partial charge >= 0.3 is 0 Å². The van der Waals surface area contributed by atoms with Gasteiger partial charge < -0.3 is 10.6 Å². The molecule has 3 aromatic rings. The lowest BCUT2D eigenvalue weighted by Crippen LogP contribution is -2.49. The Kier molecular flexibility index (Phi) is 7.07. The third kappa shape index (κ3) is 5.66. The molecule has 5 nitrogen and oxygen atoms in total. The van der Waals surface area contributed by atoms with Crippen molar-refractivity contribution in [3.8, 4) is 11.3 Å². The first-order valence-corrected chi connectivity index (χ1v) is 11.0. The van der Waals surface area contributed by atoms with Crippen molar-refractivity contribution in [2.75, 3.05) is 31.5 Å². The Labute approximate surface area is 187 Å². The predicted octanol–water partition coefficient (Wildman–Crippen LogP) is 4.18. The maximum Gasteiger partial charge on any atom is 0.223 e. The lowest BCUT2D eigenvalue weighted by molar-refractivity contribution is 0.165. The summed E-state index contributed by atoms with van der Waals surface area (Å²) in [5, 5.41) is 6.60. The number of piperazine rings is 1. The van der Waals surface area contributed by atoms with Crippen LogP contribution in [0.2, 0.25) is 0 Å². The van der Waals surface area contributed by atoms with Gasteiger partial charge in [0.05, 0.1) is 5.69 Å². The van der Waals surface area contributed by atoms with Crippen LogP contribution < -0.4 is 10.6 Å². The number of halogens is 2. The van der Waals surface area contributed by atoms with Crippen LogP contribution in [0.3, 0.4) is 0 Å². The van der Waals surface area contributed by atoms with E-state index in [1.807, 2.05) is 6.07 Å². The highest BCUT2D eigenvalue weighted by atomic mass is 19.1. The van der Waals surface area contributed by atoms with Crippen LogP contribution in [0.4, 0.5) is 14.7 Å². The number of benzene rings is 2. The Hall–Kier alpha value is -2.90. The van der Waals surface area contributed by atoms with E-state index in [0.717, 1.165) is 49.1 Å². The summed E-state index contributed by atoms with van der Waals surface area (Å²) < 4.78 is 26.7. The van der Waals surface area contributed by atoms with Gasteiger partial charge in [-0.05, 0) is 61.2 Å². The van der Waals surface area contributed by atoms with E-state index < -0.39 is 11.6 Å². The van der Waals surface area contributed by atoms with Crippen LogP contribution in [0.1, 0.15) is 23.6 Å². The lowest BCUT2D eigenvalue weighted by atomic mass is 10.0. The molecule has 2 heterocycles. The Balaban J connectivity index is 1.45. The van der Waals surface area contributed by atoms with Crippen LogP contribution in [0.25, 0.3) is 11.3 Å². The van der Waals surface area contributed by atoms with Gasteiger partial charge in [-0.3, -0.25) is 4.90 Å². The molecule has 1 aliphatic heterocycles. The SMILES string of the molecule is Cc1ccc(CN2CCNCC2C)cc1-c1ccnc(NCCc2cc(F)cc(F)c2)n1. The van der Waals surface area contributed by atoms with Crippen LogP contribution in [-0.4, -0.2) is 47.1 Å². The van der Waals surface area contributed by atoms with E-state index in [2.05, 4.69) is 57.5 Å². The second-order valence-electron chi connectivity index (χ2n) is 8.39. The quantitative estimate of drug-likeness (QED) is 0.581. The smallest absolute Gasteiger partial charge is 0.223 e. The molecule has 32 heavy (non-hydrogen) atoms. The molecule has 0 amide bonds. The van der Waals surface area contributed by atoms with Gasteiger partial charge in [-0.1, -0.05) is 12.1 Å². The molecule has 4 rings (SSSR count). The number of hydrogen-bond donors (Lipinski definition) is 2. The van der Waals surface area contributed by atoms with Gasteiger partial charge in [-0.15, -0.1) is 0 Å². The molecule has 2 aromatic carbocycles. The van der Waals surface area contributed by atoms with E-state index >= 15 is 0 Å². The largest absolute Gasteiger partial charge is 0.354 e. The van der Waals surface area contributed by atoms with E-state index in [4.69, 9.17) is 0 Å². The zero-order valence-electron chi connectivity index (χ0n) is 18.5. The molecule has 0 spiro atoms. The van der Waals surface area contributed by atoms with Crippen molar-refractivity contribution in [2.24, 2.45) is 0 Å². The van der Waals surface area contributed by atoms with Gasteiger partial charge in [0.25, 0.3) is 0 Å². The molecule has 1 atom stereocenters. The fourth-order valence-electron chi connectivity index (χ4n) is 4.06. The van der Waals surface area contributed by atoms with Gasteiger partial charge in [-0.2, -0.15) is 0 Å². The molecule has 0 bridgehead atoms. The number of aryl methyl sites for hydroxylation is 1. The summed E-state index contributed by atoms with van der Waals surface area (Å²) in [6, 6.07) is 12.5. The maximum absolute atomic E-state index is 13.4. The predicted molar refractivity (Wildman–Crippen MR) is 123 cm³/mol. The van der Waals surface area contributed by atoms with Gasteiger partial charge in [0.2, 0.25) is 5.95 Å². The average Bonchev–Trinajstić information content (AvgIpc) is 2.76. The van der Waals surface area contributed by atoms with Crippen molar-refractivity contribution in [2.45, 2.75) is 32.9 Å². The fourth-order valence-corrected chi connectivity index (χ4v) is 4.06. The number of nitrogens with one attached hydrogen (secondary N) is 2. The summed E-state index contributed by atoms with van der Waals surface area (Å²) in [6.45, 7) is 8.81. The highest BCUT2D eigenvalue weighted by Gasteiger charge is 2.18. The minimum absolute atomic E-state index is 0.472. The van der Waals surface area contributed by atoms with Gasteiger partial charge in [0, 0.05) is 56.6 Å². The van der Waals surface area contributed by atoms with Crippen molar-refractivity contribution in [3.63, 3.8) is 0 Å². The van der Waals surface area contributed by atoms with E-state index in [1.54, 1.807) is 6.20 Å². The van der Waals surface area contributed by atoms with Gasteiger partial charge in [0.15, 0.2) is 0 Å². The molecular formula is C25H29F2N5. The summed E-state index contributed by atoms with van der Waals surface area (Å²) in [5.41, 5.74) is 4.95. The van der Waals surface area contributed by atoms with Crippen molar-refractivity contribution in [1.82, 2.24) is 20.2 Å². The van der Waals surface area contributed by atoms with Crippen molar-refractivity contribution >= 4 is 5.95 Å². The Morgan fingerprint density at radius 1 is 1.09 bits per heavy atom. The van der Waals surface area contributed by atoms with Crippen LogP contribution in [0.5, 0.6) is 0 Å². The topological polar surface area (TPSA) is 53.1 Å². The molecular weight excluding hydrogens is 408 g/mol. The third-order valence-electron chi connectivity index (χ3n) is 5.88. The number of anilines is 1. The molecule has 0 aliphatic carbocycles. The molecule has 1 aliphatic rings. The maximum atomic E-state index is 13.4. The highest BCUT2D eigenvalue weighted by molar-refractivity contribution is 5.65. The molecule has 7 heteroatoms. The van der Waals surface area contributed by atoms with E-state index in [9.17, 15) is 8.78 Å². The Morgan fingerprint density at radius 2 is 1.91 bits per heavy atom. The number of rotatable bonds is 7. The molecule has 1 saturated heterocycles. The average molecular weight is 438 g/mol. The van der Waals surface area contributed by atoms with Gasteiger partial charge in [-0.25, -0.2) is 18.7 Å². The van der Waals surface area contributed by atoms with Crippen LogP contribution >= 0.6 is 0 Å². The zero-order valence-corrected chi connectivity index (χ0v) is 18.5. The van der Waals surface area contributed by atoms with Crippen LogP contribution in [-0.2, 0) is 13.0 Å². The minimum atomic E-state index is -0.566. The molecule has 1 aromatic heterocycles. The first-order valence-electron chi connectivity index (χ1n) is 11.0. The molecule has 0 saturated carbocycles. The molecule has 1 fully saturated rings. The second kappa shape index (κ2) is 10.1. The monoisotopic (exact) mass is 437 g/mol. The fraction of sp³-hybridized carbons (Fsp3) is 0.360. The van der Waals surface area contributed by atoms with Crippen molar-refractivity contribution < 1.29 is 8.78 Å². The van der Waals surface area contributed by atoms with Crippen molar-refractivity contribution in [1.29, 1.82) is 0 Å². The van der Waals surface area contributed by atoms with E-state index in [1.165, 1.54) is 17.7 Å². The summed E-state index contributed by atoms with van der Waals surface area (Å²) >= 11 is 0. The number of nitrogens with zero attached hydrogens (tertiary/aromatic N) is 3. The first-order chi connectivity index (χ1) is 15.5. The molecule has 168 valence electrons. The third-order valence-corrected chi connectivity index (χ3v) is 5.88. The second-order valence-corrected chi connectivity index (χ2v) is 8.39. The Morgan fingerprint density at radius 3 is 2.69 bits per heavy atom. The van der Waals surface area contributed by atoms with E-state index in [0.29, 0.717) is 30.5 Å². The normalized spacial score (nSPS) is 16.8. The van der Waals surface area contributed by atoms with Crippen LogP contribution in [0, 0.1) is 18.6 Å². The Bertz CT molecular complexity index is 1050. The number of hydrogen-bond acceptors (Lipinski definition) is 5. The lowest BCUT2D eigenvalue weighted by Gasteiger charge is -2.34. The number of aromatic nitrogens is 2. The minimum Gasteiger partial charge on any atom is -0.354 e. The molecule has 2 N–H and O–H groups in total. The summed E-state index contributed by atoms with van der Waals surface area (Å²) in [4.78, 5) is 11.5. The standard InChI is InChI=1S/C25H29F2N5/c1-17-3-4-20(16-32-10-9-28-15-18(32)2)13-23(17)24-6-8-30-25(31-24)29-7-5-19-11-21(26)14-22(27)12-19/h3-4,6,8,11-14,18,28H,5,7,9-10,15-16H2,1-2H3,(H,29,30,31). The summed E-state index contributed by atoms with van der Waals surface area (Å²) in [7, 11) is 0. The summed E-state index contributed by atoms with van der Waals surface area (Å²) in [6.07, 6.45) is 2.21. The summed E-state index contributed by atoms with van der Waals surface area (Å²) in [5.74, 6) is -0.632. The van der Waals surface area contributed by atoms with Crippen LogP contribution in [0.15, 0.2) is 48.7 Å². The van der Waals surface area contributed by atoms with Gasteiger partial charge in [0.1, 0.15) is 11.6 Å². The molecule has 1 unspecified atom stereocenters. The first kappa shape index (κ1) is 22.3.